The highest BCUT2D eigenvalue weighted by Gasteiger charge is 1.92. The number of hydrogen-bond acceptors (Lipinski definition) is 0. The summed E-state index contributed by atoms with van der Waals surface area (Å²) in [6.45, 7) is 0. The molecule has 0 bridgehead atoms. The molecule has 0 aromatic heterocycles. The van der Waals surface area contributed by atoms with Crippen LogP contribution in [0.2, 0.25) is 0 Å². The standard InChI is InChI=1S/C2ClF2I/c3-1(6)2(4)5. The van der Waals surface area contributed by atoms with Crippen LogP contribution in [0.5, 0.6) is 0 Å². The second kappa shape index (κ2) is 2.74. The van der Waals surface area contributed by atoms with Gasteiger partial charge in [0.05, 0.1) is 0 Å². The van der Waals surface area contributed by atoms with E-state index in [1.807, 2.05) is 0 Å². The fourth-order valence-corrected chi connectivity index (χ4v) is 0. The molecular formula is C2ClF2I. The Bertz CT molecular complexity index is 61.6. The van der Waals surface area contributed by atoms with Gasteiger partial charge in [-0.05, 0) is 22.6 Å². The Morgan fingerprint density at radius 3 is 1.67 bits per heavy atom. The first-order valence-corrected chi connectivity index (χ1v) is 2.46. The SMILES string of the molecule is FC(F)=C(Cl)I. The van der Waals surface area contributed by atoms with Gasteiger partial charge in [0, 0.05) is 0 Å². The molecule has 0 amide bonds. The smallest absolute Gasteiger partial charge is 0.171 e. The van der Waals surface area contributed by atoms with Crippen LogP contribution in [0.1, 0.15) is 0 Å². The molecule has 0 aromatic carbocycles. The topological polar surface area (TPSA) is 0 Å². The van der Waals surface area contributed by atoms with Gasteiger partial charge >= 0.3 is 0 Å². The molecule has 0 aliphatic carbocycles. The Morgan fingerprint density at radius 2 is 1.67 bits per heavy atom. The third kappa shape index (κ3) is 2.84. The monoisotopic (exact) mass is 224 g/mol. The fourth-order valence-electron chi connectivity index (χ4n) is 0. The maximum absolute atomic E-state index is 10.9. The molecule has 0 nitrogen and oxygen atoms in total. The van der Waals surface area contributed by atoms with Gasteiger partial charge in [0.2, 0.25) is 0 Å². The van der Waals surface area contributed by atoms with Gasteiger partial charge in [-0.1, -0.05) is 11.6 Å². The lowest BCUT2D eigenvalue weighted by Crippen LogP contribution is -1.51. The van der Waals surface area contributed by atoms with E-state index in [0.29, 0.717) is 0 Å². The quantitative estimate of drug-likeness (QED) is 0.555. The van der Waals surface area contributed by atoms with E-state index in [4.69, 9.17) is 11.6 Å². The maximum atomic E-state index is 10.9. The van der Waals surface area contributed by atoms with Crippen molar-refractivity contribution < 1.29 is 8.78 Å². The number of rotatable bonds is 0. The molecule has 4 heteroatoms. The van der Waals surface area contributed by atoms with Crippen molar-refractivity contribution in [3.05, 3.63) is 9.12 Å². The Hall–Kier alpha value is 0.620. The molecule has 6 heavy (non-hydrogen) atoms. The summed E-state index contributed by atoms with van der Waals surface area (Å²) < 4.78 is 21.3. The highest BCUT2D eigenvalue weighted by molar-refractivity contribution is 14.1. The van der Waals surface area contributed by atoms with Gasteiger partial charge in [-0.15, -0.1) is 0 Å². The number of halogens is 4. The molecule has 0 rings (SSSR count). The normalized spacial score (nSPS) is 8.00. The molecule has 0 spiro atoms. The summed E-state index contributed by atoms with van der Waals surface area (Å²) in [5, 5.41) is 0. The van der Waals surface area contributed by atoms with Crippen LogP contribution >= 0.6 is 34.2 Å². The van der Waals surface area contributed by atoms with Crippen molar-refractivity contribution in [2.24, 2.45) is 0 Å². The summed E-state index contributed by atoms with van der Waals surface area (Å²) in [6.07, 6.45) is -1.82. The largest absolute Gasteiger partial charge is 0.294 e. The summed E-state index contributed by atoms with van der Waals surface area (Å²) in [7, 11) is 0. The first-order valence-electron chi connectivity index (χ1n) is 1.01. The Balaban J connectivity index is 3.68. The molecule has 0 fully saturated rings. The molecular weight excluding hydrogens is 224 g/mol. The van der Waals surface area contributed by atoms with E-state index in [1.54, 1.807) is 0 Å². The zero-order valence-corrected chi connectivity index (χ0v) is 5.43. The summed E-state index contributed by atoms with van der Waals surface area (Å²) in [5.41, 5.74) is 0. The minimum Gasteiger partial charge on any atom is -0.171 e. The van der Waals surface area contributed by atoms with Gasteiger partial charge in [0.25, 0.3) is 6.08 Å². The maximum Gasteiger partial charge on any atom is 0.294 e. The third-order valence-electron chi connectivity index (χ3n) is 0.143. The van der Waals surface area contributed by atoms with Crippen molar-refractivity contribution in [1.29, 1.82) is 0 Å². The summed E-state index contributed by atoms with van der Waals surface area (Å²) in [6, 6.07) is 0. The van der Waals surface area contributed by atoms with Gasteiger partial charge in [-0.3, -0.25) is 0 Å². The van der Waals surface area contributed by atoms with Crippen LogP contribution in [0.25, 0.3) is 0 Å². The molecule has 0 saturated heterocycles. The summed E-state index contributed by atoms with van der Waals surface area (Å²) >= 11 is 6.06. The van der Waals surface area contributed by atoms with Gasteiger partial charge in [0.15, 0.2) is 0 Å². The molecule has 0 heterocycles. The van der Waals surface area contributed by atoms with Crippen LogP contribution in [-0.2, 0) is 0 Å². The molecule has 0 radical (unpaired) electrons. The van der Waals surface area contributed by atoms with Crippen LogP contribution < -0.4 is 0 Å². The molecule has 0 N–H and O–H groups in total. The highest BCUT2D eigenvalue weighted by atomic mass is 127. The van der Waals surface area contributed by atoms with Crippen LogP contribution in [0, 0.1) is 0 Å². The molecule has 0 aliphatic heterocycles. The predicted molar refractivity (Wildman–Crippen MR) is 29.1 cm³/mol. The molecule has 0 aliphatic rings. The van der Waals surface area contributed by atoms with Gasteiger partial charge in [-0.25, -0.2) is 0 Å². The number of hydrogen-bond donors (Lipinski definition) is 0. The van der Waals surface area contributed by atoms with Crippen LogP contribution in [0.4, 0.5) is 8.78 Å². The van der Waals surface area contributed by atoms with E-state index in [9.17, 15) is 8.78 Å². The highest BCUT2D eigenvalue weighted by Crippen LogP contribution is 2.18. The Kier molecular flexibility index (Phi) is 3.02. The van der Waals surface area contributed by atoms with Crippen molar-refractivity contribution >= 4 is 34.2 Å². The van der Waals surface area contributed by atoms with Crippen molar-refractivity contribution in [3.8, 4) is 0 Å². The van der Waals surface area contributed by atoms with E-state index >= 15 is 0 Å². The minimum absolute atomic E-state index is 0.465. The van der Waals surface area contributed by atoms with Gasteiger partial charge in [0.1, 0.15) is 3.04 Å². The van der Waals surface area contributed by atoms with Crippen molar-refractivity contribution in [1.82, 2.24) is 0 Å². The van der Waals surface area contributed by atoms with E-state index in [1.165, 1.54) is 22.6 Å². The molecule has 0 atom stereocenters. The van der Waals surface area contributed by atoms with Gasteiger partial charge < -0.3 is 0 Å². The van der Waals surface area contributed by atoms with Crippen molar-refractivity contribution in [2.45, 2.75) is 0 Å². The predicted octanol–water partition coefficient (Wildman–Crippen LogP) is 2.73. The van der Waals surface area contributed by atoms with E-state index in [-0.39, 0.29) is 0 Å². The lowest BCUT2D eigenvalue weighted by molar-refractivity contribution is 0.423. The zero-order valence-electron chi connectivity index (χ0n) is 2.51. The second-order valence-electron chi connectivity index (χ2n) is 0.521. The Morgan fingerprint density at radius 1 is 1.50 bits per heavy atom. The molecule has 0 aromatic rings. The van der Waals surface area contributed by atoms with Crippen molar-refractivity contribution in [2.75, 3.05) is 0 Å². The summed E-state index contributed by atoms with van der Waals surface area (Å²) in [5.74, 6) is 0. The zero-order chi connectivity index (χ0) is 5.15. The molecule has 0 saturated carbocycles. The first-order chi connectivity index (χ1) is 2.64. The first kappa shape index (κ1) is 6.62. The van der Waals surface area contributed by atoms with E-state index < -0.39 is 9.12 Å². The minimum atomic E-state index is -1.82. The van der Waals surface area contributed by atoms with E-state index in [0.717, 1.165) is 0 Å². The second-order valence-corrected chi connectivity index (χ2v) is 2.62. The Labute approximate surface area is 52.3 Å². The lowest BCUT2D eigenvalue weighted by atomic mass is 11.1. The van der Waals surface area contributed by atoms with Gasteiger partial charge in [-0.2, -0.15) is 8.78 Å². The van der Waals surface area contributed by atoms with E-state index in [2.05, 4.69) is 0 Å². The average Bonchev–Trinajstić information content (AvgIpc) is 1.36. The molecule has 0 unspecified atom stereocenters. The van der Waals surface area contributed by atoms with Crippen molar-refractivity contribution in [3.63, 3.8) is 0 Å². The fraction of sp³-hybridized carbons (Fsp3) is 0. The molecule has 36 valence electrons. The van der Waals surface area contributed by atoms with Crippen LogP contribution in [-0.4, -0.2) is 0 Å². The third-order valence-corrected chi connectivity index (χ3v) is 0.693. The van der Waals surface area contributed by atoms with Crippen LogP contribution in [0.15, 0.2) is 9.12 Å². The average molecular weight is 224 g/mol. The van der Waals surface area contributed by atoms with Crippen LogP contribution in [0.3, 0.4) is 0 Å². The lowest BCUT2D eigenvalue weighted by Gasteiger charge is -1.73. The summed E-state index contributed by atoms with van der Waals surface area (Å²) in [4.78, 5) is 0.